The van der Waals surface area contributed by atoms with Gasteiger partial charge in [0.05, 0.1) is 13.2 Å². The molecule has 4 rings (SSSR count). The minimum atomic E-state index is -0.384. The van der Waals surface area contributed by atoms with Crippen molar-refractivity contribution in [2.24, 2.45) is 47.3 Å². The van der Waals surface area contributed by atoms with Gasteiger partial charge in [0.25, 0.3) is 11.8 Å². The lowest BCUT2D eigenvalue weighted by atomic mass is 9.61. The number of amides is 3. The molecule has 484 valence electrons. The zero-order chi connectivity index (χ0) is 59.4. The Morgan fingerprint density at radius 3 is 1.24 bits per heavy atom. The van der Waals surface area contributed by atoms with Crippen molar-refractivity contribution >= 4 is 17.7 Å². The summed E-state index contributed by atoms with van der Waals surface area (Å²) in [5, 5.41) is 3.17. The summed E-state index contributed by atoms with van der Waals surface area (Å²) in [5.74, 6) is 7.39. The summed E-state index contributed by atoms with van der Waals surface area (Å²) in [6.45, 7) is 16.7. The van der Waals surface area contributed by atoms with Crippen molar-refractivity contribution in [3.05, 3.63) is 12.2 Å². The zero-order valence-corrected chi connectivity index (χ0v) is 56.1. The van der Waals surface area contributed by atoms with E-state index in [4.69, 9.17) is 9.68 Å². The van der Waals surface area contributed by atoms with Crippen LogP contribution in [0.2, 0.25) is 0 Å². The second-order valence-corrected chi connectivity index (χ2v) is 28.0. The third-order valence-corrected chi connectivity index (χ3v) is 21.5. The molecule has 2 aliphatic heterocycles. The molecule has 2 saturated carbocycles. The molecule has 83 heavy (non-hydrogen) atoms. The molecule has 8 nitrogen and oxygen atoms in total. The first-order valence-electron chi connectivity index (χ1n) is 37.6. The van der Waals surface area contributed by atoms with E-state index in [1.807, 2.05) is 4.90 Å². The fourth-order valence-corrected chi connectivity index (χ4v) is 16.5. The fourth-order valence-electron chi connectivity index (χ4n) is 16.5. The summed E-state index contributed by atoms with van der Waals surface area (Å²) in [4.78, 5) is 52.4. The van der Waals surface area contributed by atoms with Crippen LogP contribution < -0.4 is 0 Å². The van der Waals surface area contributed by atoms with Crippen LogP contribution in [0, 0.1) is 47.3 Å². The summed E-state index contributed by atoms with van der Waals surface area (Å²) >= 11 is 0. The normalized spacial score (nSPS) is 24.1. The minimum absolute atomic E-state index is 0.00171. The quantitative estimate of drug-likeness (QED) is 0.0567. The van der Waals surface area contributed by atoms with E-state index in [2.05, 4.69) is 34.6 Å². The van der Waals surface area contributed by atoms with Gasteiger partial charge in [-0.3, -0.25) is 24.1 Å². The number of unbranched alkanes of at least 4 members (excludes halogenated alkanes) is 31. The van der Waals surface area contributed by atoms with Gasteiger partial charge in [-0.15, -0.1) is 0 Å². The molecule has 0 spiro atoms. The average molecular weight is 1160 g/mol. The van der Waals surface area contributed by atoms with Crippen LogP contribution in [0.5, 0.6) is 0 Å². The van der Waals surface area contributed by atoms with E-state index in [-0.39, 0.29) is 23.8 Å². The van der Waals surface area contributed by atoms with Gasteiger partial charge in [0.15, 0.2) is 0 Å². The maximum atomic E-state index is 13.9. The molecule has 3 amide bonds. The second-order valence-electron chi connectivity index (χ2n) is 28.0. The fraction of sp³-hybridized carbons (Fsp3) is 0.933. The molecule has 0 bridgehead atoms. The van der Waals surface area contributed by atoms with Crippen LogP contribution in [0.4, 0.5) is 0 Å². The molecule has 0 N–H and O–H groups in total. The van der Waals surface area contributed by atoms with Gasteiger partial charge in [0.1, 0.15) is 6.04 Å². The highest BCUT2D eigenvalue weighted by atomic mass is 16.7. The molecule has 3 fully saturated rings. The van der Waals surface area contributed by atoms with Crippen LogP contribution in [0.25, 0.3) is 0 Å². The third kappa shape index (κ3) is 30.7. The molecule has 2 aliphatic carbocycles. The van der Waals surface area contributed by atoms with E-state index in [1.54, 1.807) is 29.2 Å². The van der Waals surface area contributed by atoms with Crippen molar-refractivity contribution in [1.82, 2.24) is 15.0 Å². The van der Waals surface area contributed by atoms with Crippen molar-refractivity contribution in [1.29, 1.82) is 0 Å². The average Bonchev–Trinajstić information content (AvgIpc) is 3.52. The number of hydrogen-bond acceptors (Lipinski definition) is 5. The maximum absolute atomic E-state index is 13.9. The molecule has 2 heterocycles. The standard InChI is InChI=1S/C75H139N3O5/c1-7-11-15-19-28-39-50-70-66(46-35-17-13-9-3)55-54-64(5)69(70)49-38-30-22-24-32-42-59-76(65(6)79)73-58-63-83-78(75(73)81)61-44-34-26-23-31-41-52-72-68(48-37-27-21-25-33-43-60-77-74(80)53-45-62-82-77)57-56-67(47-36-18-14-10-4)71(72)51-40-29-20-16-12-8-2/h45,53,64,66-73H,7-44,46-52,54-63H2,1-6H3. The summed E-state index contributed by atoms with van der Waals surface area (Å²) < 4.78 is 0. The smallest absolute Gasteiger partial charge is 0.269 e. The minimum Gasteiger partial charge on any atom is -0.331 e. The number of hydroxylamine groups is 4. The number of carbonyl (C=O) groups excluding carboxylic acids is 3. The van der Waals surface area contributed by atoms with E-state index in [0.29, 0.717) is 39.3 Å². The highest BCUT2D eigenvalue weighted by molar-refractivity contribution is 5.87. The van der Waals surface area contributed by atoms with E-state index in [1.165, 1.54) is 283 Å². The van der Waals surface area contributed by atoms with Crippen LogP contribution in [-0.2, 0) is 24.1 Å². The van der Waals surface area contributed by atoms with Crippen LogP contribution in [0.1, 0.15) is 363 Å². The number of carbonyl (C=O) groups is 3. The van der Waals surface area contributed by atoms with Gasteiger partial charge in [0.2, 0.25) is 5.91 Å². The van der Waals surface area contributed by atoms with Gasteiger partial charge >= 0.3 is 0 Å². The monoisotopic (exact) mass is 1160 g/mol. The Labute approximate surface area is 515 Å². The molecule has 1 saturated heterocycles. The lowest BCUT2D eigenvalue weighted by Crippen LogP contribution is -2.54. The molecular weight excluding hydrogens is 1020 g/mol. The first-order valence-corrected chi connectivity index (χ1v) is 37.6. The number of hydrogen-bond donors (Lipinski definition) is 0. The van der Waals surface area contributed by atoms with E-state index in [9.17, 15) is 14.4 Å². The Morgan fingerprint density at radius 1 is 0.434 bits per heavy atom. The Hall–Kier alpha value is -1.93. The Kier molecular flexibility index (Phi) is 42.6. The highest BCUT2D eigenvalue weighted by Crippen LogP contribution is 2.49. The Bertz CT molecular complexity index is 1620. The Balaban J connectivity index is 1.16. The highest BCUT2D eigenvalue weighted by Gasteiger charge is 2.39. The van der Waals surface area contributed by atoms with Crippen molar-refractivity contribution in [2.45, 2.75) is 369 Å². The van der Waals surface area contributed by atoms with Crippen molar-refractivity contribution in [3.63, 3.8) is 0 Å². The van der Waals surface area contributed by atoms with E-state index < -0.39 is 0 Å². The van der Waals surface area contributed by atoms with Crippen LogP contribution >= 0.6 is 0 Å². The predicted molar refractivity (Wildman–Crippen MR) is 353 cm³/mol. The van der Waals surface area contributed by atoms with Gasteiger partial charge in [-0.25, -0.2) is 10.1 Å². The summed E-state index contributed by atoms with van der Waals surface area (Å²) in [6.07, 6.45) is 70.2. The van der Waals surface area contributed by atoms with Crippen molar-refractivity contribution < 1.29 is 24.1 Å². The van der Waals surface area contributed by atoms with Gasteiger partial charge in [0, 0.05) is 39.1 Å². The largest absolute Gasteiger partial charge is 0.331 e. The molecule has 4 aliphatic rings. The molecule has 0 aromatic rings. The molecule has 0 aromatic heterocycles. The van der Waals surface area contributed by atoms with E-state index >= 15 is 0 Å². The SMILES string of the molecule is CCCCCCCCC1C(CCCCCC)CCC(C)C1CCCCCCCCN(C(C)=O)C1CCON(CCCCCCCCC2C(CCCCCCCCN3OCC=CC3=O)CCC(CCCCCC)C2CCCCCCCC)C1=O. The van der Waals surface area contributed by atoms with Crippen LogP contribution in [0.3, 0.4) is 0 Å². The number of rotatable bonds is 52. The second kappa shape index (κ2) is 48.1. The predicted octanol–water partition coefficient (Wildman–Crippen LogP) is 21.9. The molecule has 0 aromatic carbocycles. The van der Waals surface area contributed by atoms with Crippen LogP contribution in [-0.4, -0.2) is 71.6 Å². The van der Waals surface area contributed by atoms with Gasteiger partial charge in [-0.2, -0.15) is 0 Å². The zero-order valence-electron chi connectivity index (χ0n) is 56.1. The summed E-state index contributed by atoms with van der Waals surface area (Å²) in [5.41, 5.74) is 0. The Morgan fingerprint density at radius 2 is 0.795 bits per heavy atom. The lowest BCUT2D eigenvalue weighted by molar-refractivity contribution is -0.208. The summed E-state index contributed by atoms with van der Waals surface area (Å²) in [7, 11) is 0. The lowest BCUT2D eigenvalue weighted by Gasteiger charge is -2.44. The maximum Gasteiger partial charge on any atom is 0.269 e. The van der Waals surface area contributed by atoms with Crippen molar-refractivity contribution in [3.8, 4) is 0 Å². The van der Waals surface area contributed by atoms with Gasteiger partial charge < -0.3 is 4.90 Å². The number of nitrogens with zero attached hydrogens (tertiary/aromatic N) is 3. The molecule has 0 radical (unpaired) electrons. The topological polar surface area (TPSA) is 79.4 Å². The van der Waals surface area contributed by atoms with Gasteiger partial charge in [-0.05, 0) is 112 Å². The van der Waals surface area contributed by atoms with Gasteiger partial charge in [-0.1, -0.05) is 291 Å². The molecule has 9 unspecified atom stereocenters. The van der Waals surface area contributed by atoms with E-state index in [0.717, 1.165) is 79.4 Å². The third-order valence-electron chi connectivity index (χ3n) is 21.5. The van der Waals surface area contributed by atoms with Crippen LogP contribution in [0.15, 0.2) is 12.2 Å². The molecule has 8 heteroatoms. The summed E-state index contributed by atoms with van der Waals surface area (Å²) in [6, 6.07) is -0.384. The van der Waals surface area contributed by atoms with Crippen molar-refractivity contribution in [2.75, 3.05) is 32.8 Å². The first-order chi connectivity index (χ1) is 40.7. The molecular formula is C75H139N3O5. The first kappa shape index (κ1) is 73.5. The molecule has 9 atom stereocenters.